The number of halogens is 2. The summed E-state index contributed by atoms with van der Waals surface area (Å²) in [6.45, 7) is 4.56. The number of amides is 1. The number of alkyl halides is 2. The minimum absolute atomic E-state index is 0.0633. The molecular weight excluding hydrogens is 352 g/mol. The molecule has 4 nitrogen and oxygen atoms in total. The minimum Gasteiger partial charge on any atom is -0.497 e. The Hall–Kier alpha value is -1.85. The normalized spacial score (nSPS) is 30.4. The van der Waals surface area contributed by atoms with Crippen LogP contribution in [0.4, 0.5) is 8.78 Å². The van der Waals surface area contributed by atoms with Crippen LogP contribution >= 0.6 is 0 Å². The Balaban J connectivity index is 1.57. The predicted molar refractivity (Wildman–Crippen MR) is 97.1 cm³/mol. The van der Waals surface area contributed by atoms with Crippen LogP contribution in [0.1, 0.15) is 51.5 Å². The van der Waals surface area contributed by atoms with Crippen LogP contribution in [0.3, 0.4) is 0 Å². The van der Waals surface area contributed by atoms with Crippen molar-refractivity contribution in [3.05, 3.63) is 23.8 Å². The van der Waals surface area contributed by atoms with Crippen LogP contribution < -0.4 is 9.47 Å². The van der Waals surface area contributed by atoms with E-state index in [2.05, 4.69) is 0 Å². The first kappa shape index (κ1) is 18.5. The van der Waals surface area contributed by atoms with E-state index in [0.717, 1.165) is 18.4 Å². The number of carbonyl (C=O) groups excluding carboxylic acids is 1. The van der Waals surface area contributed by atoms with Gasteiger partial charge in [0.15, 0.2) is 0 Å². The Morgan fingerprint density at radius 3 is 2.81 bits per heavy atom. The molecule has 27 heavy (non-hydrogen) atoms. The molecule has 0 bridgehead atoms. The fourth-order valence-electron chi connectivity index (χ4n) is 5.00. The van der Waals surface area contributed by atoms with E-state index >= 15 is 0 Å². The molecule has 148 valence electrons. The number of rotatable bonds is 3. The smallest absolute Gasteiger partial charge is 0.258 e. The van der Waals surface area contributed by atoms with Gasteiger partial charge in [-0.2, -0.15) is 0 Å². The van der Waals surface area contributed by atoms with Gasteiger partial charge in [-0.3, -0.25) is 4.79 Å². The summed E-state index contributed by atoms with van der Waals surface area (Å²) >= 11 is 0. The second-order valence-corrected chi connectivity index (χ2v) is 8.84. The number of fused-ring (bicyclic) bond motifs is 2. The first-order chi connectivity index (χ1) is 12.7. The molecule has 0 radical (unpaired) electrons. The maximum Gasteiger partial charge on any atom is 0.258 e. The molecule has 0 aromatic heterocycles. The number of methoxy groups -OCH3 is 1. The van der Waals surface area contributed by atoms with Crippen molar-refractivity contribution in [2.45, 2.75) is 64.0 Å². The van der Waals surface area contributed by atoms with E-state index in [1.807, 2.05) is 32.0 Å². The van der Waals surface area contributed by atoms with Gasteiger partial charge in [-0.05, 0) is 38.8 Å². The standard InChI is InChI=1S/C21H27F2NO3/c1-19(2)13-24(12-14-7-8-15(26-3)10-16(14)27-19)18(25)11-20-9-5-4-6-17(20)21(20,22)23/h7-8,10,17H,4-6,9,11-13H2,1-3H3. The molecule has 1 amide bonds. The number of ether oxygens (including phenoxy) is 2. The molecule has 2 unspecified atom stereocenters. The van der Waals surface area contributed by atoms with E-state index in [-0.39, 0.29) is 12.3 Å². The van der Waals surface area contributed by atoms with E-state index < -0.39 is 22.9 Å². The Morgan fingerprint density at radius 2 is 2.11 bits per heavy atom. The molecule has 0 spiro atoms. The Morgan fingerprint density at radius 1 is 1.33 bits per heavy atom. The van der Waals surface area contributed by atoms with Gasteiger partial charge < -0.3 is 14.4 Å². The molecule has 1 aromatic carbocycles. The van der Waals surface area contributed by atoms with Gasteiger partial charge in [0.1, 0.15) is 17.1 Å². The van der Waals surface area contributed by atoms with Crippen molar-refractivity contribution in [3.63, 3.8) is 0 Å². The van der Waals surface area contributed by atoms with Gasteiger partial charge in [0.2, 0.25) is 5.91 Å². The van der Waals surface area contributed by atoms with Crippen molar-refractivity contribution in [1.29, 1.82) is 0 Å². The Labute approximate surface area is 158 Å². The van der Waals surface area contributed by atoms with E-state index in [1.54, 1.807) is 12.0 Å². The van der Waals surface area contributed by atoms with Crippen LogP contribution in [-0.4, -0.2) is 36.0 Å². The fourth-order valence-corrected chi connectivity index (χ4v) is 5.00. The monoisotopic (exact) mass is 379 g/mol. The van der Waals surface area contributed by atoms with Gasteiger partial charge >= 0.3 is 0 Å². The highest BCUT2D eigenvalue weighted by molar-refractivity contribution is 5.78. The summed E-state index contributed by atoms with van der Waals surface area (Å²) in [4.78, 5) is 14.8. The predicted octanol–water partition coefficient (Wildman–Crippen LogP) is 4.41. The fraction of sp³-hybridized carbons (Fsp3) is 0.667. The molecule has 0 N–H and O–H groups in total. The zero-order valence-corrected chi connectivity index (χ0v) is 16.2. The van der Waals surface area contributed by atoms with Gasteiger partial charge in [0.25, 0.3) is 5.92 Å². The lowest BCUT2D eigenvalue weighted by atomic mass is 9.85. The van der Waals surface area contributed by atoms with Gasteiger partial charge in [0.05, 0.1) is 19.1 Å². The molecule has 4 rings (SSSR count). The molecule has 1 aliphatic heterocycles. The summed E-state index contributed by atoms with van der Waals surface area (Å²) in [5.74, 6) is -2.14. The Kier molecular flexibility index (Phi) is 4.17. The molecule has 6 heteroatoms. The van der Waals surface area contributed by atoms with Crippen LogP contribution in [0.25, 0.3) is 0 Å². The SMILES string of the molecule is COc1ccc2c(c1)OC(C)(C)CN(C(=O)CC13CCCCC1C3(F)F)C2. The van der Waals surface area contributed by atoms with Crippen molar-refractivity contribution >= 4 is 5.91 Å². The maximum absolute atomic E-state index is 14.4. The van der Waals surface area contributed by atoms with Crippen molar-refractivity contribution in [2.75, 3.05) is 13.7 Å². The number of nitrogens with zero attached hydrogens (tertiary/aromatic N) is 1. The lowest BCUT2D eigenvalue weighted by molar-refractivity contribution is -0.136. The van der Waals surface area contributed by atoms with Gasteiger partial charge in [-0.1, -0.05) is 12.8 Å². The van der Waals surface area contributed by atoms with E-state index in [9.17, 15) is 13.6 Å². The molecule has 1 aromatic rings. The van der Waals surface area contributed by atoms with Crippen molar-refractivity contribution < 1.29 is 23.0 Å². The molecule has 2 aliphatic carbocycles. The first-order valence-electron chi connectivity index (χ1n) is 9.70. The third kappa shape index (κ3) is 2.97. The van der Waals surface area contributed by atoms with E-state index in [0.29, 0.717) is 37.4 Å². The summed E-state index contributed by atoms with van der Waals surface area (Å²) < 4.78 is 40.2. The quantitative estimate of drug-likeness (QED) is 0.781. The lowest BCUT2D eigenvalue weighted by Gasteiger charge is -2.31. The zero-order valence-electron chi connectivity index (χ0n) is 16.2. The van der Waals surface area contributed by atoms with Crippen LogP contribution in [0, 0.1) is 11.3 Å². The van der Waals surface area contributed by atoms with E-state index in [4.69, 9.17) is 9.47 Å². The second kappa shape index (κ2) is 6.08. The summed E-state index contributed by atoms with van der Waals surface area (Å²) in [6.07, 6.45) is 2.56. The number of carbonyl (C=O) groups is 1. The highest BCUT2D eigenvalue weighted by atomic mass is 19.3. The van der Waals surface area contributed by atoms with E-state index in [1.165, 1.54) is 0 Å². The van der Waals surface area contributed by atoms with Crippen molar-refractivity contribution in [3.8, 4) is 11.5 Å². The molecular formula is C21H27F2NO3. The maximum atomic E-state index is 14.4. The molecule has 1 heterocycles. The number of hydrogen-bond acceptors (Lipinski definition) is 3. The minimum atomic E-state index is -2.69. The summed E-state index contributed by atoms with van der Waals surface area (Å²) in [6, 6.07) is 5.52. The average Bonchev–Trinajstić information content (AvgIpc) is 3.14. The van der Waals surface area contributed by atoms with Crippen molar-refractivity contribution in [2.24, 2.45) is 11.3 Å². The van der Waals surface area contributed by atoms with Crippen LogP contribution in [0.15, 0.2) is 18.2 Å². The number of benzene rings is 1. The lowest BCUT2D eigenvalue weighted by Crippen LogP contribution is -2.44. The van der Waals surface area contributed by atoms with Crippen LogP contribution in [0.5, 0.6) is 11.5 Å². The molecule has 0 saturated heterocycles. The van der Waals surface area contributed by atoms with Crippen LogP contribution in [-0.2, 0) is 11.3 Å². The highest BCUT2D eigenvalue weighted by Gasteiger charge is 2.80. The second-order valence-electron chi connectivity index (χ2n) is 8.84. The average molecular weight is 379 g/mol. The molecule has 3 aliphatic rings. The molecule has 2 fully saturated rings. The third-order valence-electron chi connectivity index (χ3n) is 6.46. The molecule has 2 atom stereocenters. The van der Waals surface area contributed by atoms with Crippen molar-refractivity contribution in [1.82, 2.24) is 4.90 Å². The topological polar surface area (TPSA) is 38.8 Å². The van der Waals surface area contributed by atoms with Gasteiger partial charge in [0, 0.05) is 30.5 Å². The summed E-state index contributed by atoms with van der Waals surface area (Å²) in [7, 11) is 1.59. The summed E-state index contributed by atoms with van der Waals surface area (Å²) in [5.41, 5.74) is -0.847. The van der Waals surface area contributed by atoms with Crippen LogP contribution in [0.2, 0.25) is 0 Å². The Bertz CT molecular complexity index is 764. The van der Waals surface area contributed by atoms with Gasteiger partial charge in [-0.15, -0.1) is 0 Å². The zero-order chi connectivity index (χ0) is 19.4. The third-order valence-corrected chi connectivity index (χ3v) is 6.46. The largest absolute Gasteiger partial charge is 0.497 e. The summed E-state index contributed by atoms with van der Waals surface area (Å²) in [5, 5.41) is 0. The molecule has 2 saturated carbocycles. The number of hydrogen-bond donors (Lipinski definition) is 0. The highest BCUT2D eigenvalue weighted by Crippen LogP contribution is 2.73. The van der Waals surface area contributed by atoms with Gasteiger partial charge in [-0.25, -0.2) is 8.78 Å². The first-order valence-corrected chi connectivity index (χ1v) is 9.70.